The zero-order valence-electron chi connectivity index (χ0n) is 12.4. The fraction of sp³-hybridized carbons (Fsp3) is 0.857. The molecule has 1 saturated heterocycles. The van der Waals surface area contributed by atoms with Gasteiger partial charge in [0.15, 0.2) is 0 Å². The third-order valence-corrected chi connectivity index (χ3v) is 3.75. The van der Waals surface area contributed by atoms with Gasteiger partial charge < -0.3 is 15.4 Å². The molecule has 1 fully saturated rings. The van der Waals surface area contributed by atoms with E-state index in [0.717, 1.165) is 25.9 Å². The maximum Gasteiger partial charge on any atom is 0.328 e. The highest BCUT2D eigenvalue weighted by Crippen LogP contribution is 2.28. The van der Waals surface area contributed by atoms with Crippen LogP contribution in [-0.2, 0) is 14.3 Å². The average Bonchev–Trinajstić information content (AvgIpc) is 2.37. The molecule has 2 N–H and O–H groups in total. The van der Waals surface area contributed by atoms with Gasteiger partial charge in [0.05, 0.1) is 7.11 Å². The Morgan fingerprint density at radius 2 is 1.89 bits per heavy atom. The lowest BCUT2D eigenvalue weighted by atomic mass is 9.80. The highest BCUT2D eigenvalue weighted by Gasteiger charge is 2.36. The molecule has 0 spiro atoms. The maximum atomic E-state index is 12.4. The molecule has 1 aliphatic rings. The number of carbonyl (C=O) groups excluding carboxylic acids is 2. The second-order valence-corrected chi connectivity index (χ2v) is 5.99. The van der Waals surface area contributed by atoms with Crippen molar-refractivity contribution in [1.29, 1.82) is 0 Å². The monoisotopic (exact) mass is 270 g/mol. The quantitative estimate of drug-likeness (QED) is 0.734. The van der Waals surface area contributed by atoms with Gasteiger partial charge in [-0.25, -0.2) is 4.79 Å². The van der Waals surface area contributed by atoms with Crippen molar-refractivity contribution >= 4 is 11.9 Å². The molecular formula is C14H26N2O3. The number of amides is 1. The van der Waals surface area contributed by atoms with Crippen molar-refractivity contribution in [3.05, 3.63) is 0 Å². The predicted molar refractivity (Wildman–Crippen MR) is 73.6 cm³/mol. The normalized spacial score (nSPS) is 19.8. The Bertz CT molecular complexity index is 323. The fourth-order valence-corrected chi connectivity index (χ4v) is 2.37. The molecule has 5 nitrogen and oxygen atoms in total. The maximum absolute atomic E-state index is 12.4. The van der Waals surface area contributed by atoms with Crippen molar-refractivity contribution in [1.82, 2.24) is 10.6 Å². The van der Waals surface area contributed by atoms with E-state index in [-0.39, 0.29) is 17.3 Å². The molecule has 0 aromatic heterocycles. The van der Waals surface area contributed by atoms with Crippen LogP contribution in [0.2, 0.25) is 0 Å². The molecule has 0 aliphatic carbocycles. The Hall–Kier alpha value is -1.10. The smallest absolute Gasteiger partial charge is 0.328 e. The lowest BCUT2D eigenvalue weighted by Gasteiger charge is -2.34. The van der Waals surface area contributed by atoms with Crippen molar-refractivity contribution in [2.75, 3.05) is 20.2 Å². The number of rotatable bonds is 5. The van der Waals surface area contributed by atoms with Crippen molar-refractivity contribution in [3.63, 3.8) is 0 Å². The van der Waals surface area contributed by atoms with Crippen molar-refractivity contribution in [3.8, 4) is 0 Å². The third-order valence-electron chi connectivity index (χ3n) is 3.75. The zero-order valence-corrected chi connectivity index (χ0v) is 12.4. The van der Waals surface area contributed by atoms with E-state index in [0.29, 0.717) is 12.3 Å². The van der Waals surface area contributed by atoms with E-state index in [4.69, 9.17) is 4.74 Å². The topological polar surface area (TPSA) is 67.4 Å². The van der Waals surface area contributed by atoms with Gasteiger partial charge >= 0.3 is 5.97 Å². The molecular weight excluding hydrogens is 244 g/mol. The Kier molecular flexibility index (Phi) is 5.79. The Morgan fingerprint density at radius 1 is 1.32 bits per heavy atom. The lowest BCUT2D eigenvalue weighted by molar-refractivity contribution is -0.147. The summed E-state index contributed by atoms with van der Waals surface area (Å²) >= 11 is 0. The minimum atomic E-state index is -0.538. The molecule has 5 heteroatoms. The van der Waals surface area contributed by atoms with Crippen LogP contribution in [-0.4, -0.2) is 38.1 Å². The van der Waals surface area contributed by atoms with Gasteiger partial charge in [-0.3, -0.25) is 4.79 Å². The van der Waals surface area contributed by atoms with E-state index >= 15 is 0 Å². The summed E-state index contributed by atoms with van der Waals surface area (Å²) < 4.78 is 4.77. The molecule has 110 valence electrons. The molecule has 1 heterocycles. The standard InChI is InChI=1S/C14H26N2O3/c1-10(2)9-11(12(17)19-4)16-13(18)14(3)5-7-15-8-6-14/h10-11,15H,5-9H2,1-4H3,(H,16,18)/t11-/m0/s1. The molecule has 1 atom stereocenters. The van der Waals surface area contributed by atoms with Crippen LogP contribution in [0.4, 0.5) is 0 Å². The number of ether oxygens (including phenoxy) is 1. The van der Waals surface area contributed by atoms with Gasteiger partial charge in [0.25, 0.3) is 0 Å². The number of hydrogen-bond acceptors (Lipinski definition) is 4. The number of esters is 1. The summed E-state index contributed by atoms with van der Waals surface area (Å²) in [4.78, 5) is 24.1. The van der Waals surface area contributed by atoms with Crippen LogP contribution in [0.5, 0.6) is 0 Å². The second-order valence-electron chi connectivity index (χ2n) is 5.99. The molecule has 0 bridgehead atoms. The fourth-order valence-electron chi connectivity index (χ4n) is 2.37. The summed E-state index contributed by atoms with van der Waals surface area (Å²) in [6.45, 7) is 7.70. The lowest BCUT2D eigenvalue weighted by Crippen LogP contribution is -2.51. The first-order valence-corrected chi connectivity index (χ1v) is 6.98. The van der Waals surface area contributed by atoms with Crippen molar-refractivity contribution in [2.24, 2.45) is 11.3 Å². The van der Waals surface area contributed by atoms with Crippen LogP contribution in [0, 0.1) is 11.3 Å². The van der Waals surface area contributed by atoms with Crippen LogP contribution in [0.25, 0.3) is 0 Å². The molecule has 0 unspecified atom stereocenters. The van der Waals surface area contributed by atoms with E-state index in [1.165, 1.54) is 7.11 Å². The van der Waals surface area contributed by atoms with Crippen LogP contribution < -0.4 is 10.6 Å². The Labute approximate surface area is 115 Å². The van der Waals surface area contributed by atoms with Crippen LogP contribution in [0.3, 0.4) is 0 Å². The first-order chi connectivity index (χ1) is 8.89. The summed E-state index contributed by atoms with van der Waals surface area (Å²) in [5.74, 6) is -0.0742. The van der Waals surface area contributed by atoms with Gasteiger partial charge in [-0.05, 0) is 38.3 Å². The summed E-state index contributed by atoms with van der Waals surface area (Å²) in [6.07, 6.45) is 2.20. The first-order valence-electron chi connectivity index (χ1n) is 6.98. The number of nitrogens with one attached hydrogen (secondary N) is 2. The molecule has 19 heavy (non-hydrogen) atoms. The van der Waals surface area contributed by atoms with Crippen LogP contribution >= 0.6 is 0 Å². The average molecular weight is 270 g/mol. The number of methoxy groups -OCH3 is 1. The van der Waals surface area contributed by atoms with Gasteiger partial charge in [-0.15, -0.1) is 0 Å². The molecule has 0 aromatic carbocycles. The van der Waals surface area contributed by atoms with Crippen molar-refractivity contribution < 1.29 is 14.3 Å². The minimum absolute atomic E-state index is 0.0370. The van der Waals surface area contributed by atoms with E-state index < -0.39 is 6.04 Å². The SMILES string of the molecule is COC(=O)[C@H](CC(C)C)NC(=O)C1(C)CCNCC1. The summed E-state index contributed by atoms with van der Waals surface area (Å²) in [7, 11) is 1.36. The van der Waals surface area contributed by atoms with Crippen LogP contribution in [0.15, 0.2) is 0 Å². The number of carbonyl (C=O) groups is 2. The molecule has 0 radical (unpaired) electrons. The highest BCUT2D eigenvalue weighted by molar-refractivity contribution is 5.87. The highest BCUT2D eigenvalue weighted by atomic mass is 16.5. The molecule has 1 aliphatic heterocycles. The molecule has 1 amide bonds. The summed E-state index contributed by atoms with van der Waals surface area (Å²) in [6, 6.07) is -0.538. The third kappa shape index (κ3) is 4.49. The largest absolute Gasteiger partial charge is 0.467 e. The predicted octanol–water partition coefficient (Wildman–Crippen LogP) is 1.08. The summed E-state index contributed by atoms with van der Waals surface area (Å²) in [5, 5.41) is 6.11. The van der Waals surface area contributed by atoms with E-state index in [1.54, 1.807) is 0 Å². The summed E-state index contributed by atoms with van der Waals surface area (Å²) in [5.41, 5.74) is -0.380. The van der Waals surface area contributed by atoms with E-state index in [9.17, 15) is 9.59 Å². The Morgan fingerprint density at radius 3 is 2.37 bits per heavy atom. The van der Waals surface area contributed by atoms with Gasteiger partial charge in [-0.1, -0.05) is 20.8 Å². The minimum Gasteiger partial charge on any atom is -0.467 e. The van der Waals surface area contributed by atoms with Gasteiger partial charge in [0.2, 0.25) is 5.91 Å². The van der Waals surface area contributed by atoms with Gasteiger partial charge in [-0.2, -0.15) is 0 Å². The van der Waals surface area contributed by atoms with Crippen LogP contribution in [0.1, 0.15) is 40.0 Å². The Balaban J connectivity index is 2.66. The molecule has 0 aromatic rings. The number of piperidine rings is 1. The molecule has 1 rings (SSSR count). The van der Waals surface area contributed by atoms with Crippen molar-refractivity contribution in [2.45, 2.75) is 46.1 Å². The number of hydrogen-bond donors (Lipinski definition) is 2. The van der Waals surface area contributed by atoms with E-state index in [2.05, 4.69) is 10.6 Å². The second kappa shape index (κ2) is 6.89. The zero-order chi connectivity index (χ0) is 14.5. The molecule has 0 saturated carbocycles. The van der Waals surface area contributed by atoms with Gasteiger partial charge in [0, 0.05) is 5.41 Å². The van der Waals surface area contributed by atoms with E-state index in [1.807, 2.05) is 20.8 Å². The first kappa shape index (κ1) is 16.0. The van der Waals surface area contributed by atoms with Gasteiger partial charge in [0.1, 0.15) is 6.04 Å².